The minimum atomic E-state index is -0.878. The summed E-state index contributed by atoms with van der Waals surface area (Å²) in [5.41, 5.74) is 7.49. The van der Waals surface area contributed by atoms with Crippen LogP contribution in [0.25, 0.3) is 10.2 Å². The van der Waals surface area contributed by atoms with Crippen molar-refractivity contribution in [1.82, 2.24) is 10.3 Å². The number of carbonyl (C=O) groups excluding carboxylic acids is 2. The van der Waals surface area contributed by atoms with Crippen LogP contribution in [0.5, 0.6) is 0 Å². The molecule has 0 saturated carbocycles. The van der Waals surface area contributed by atoms with Crippen LogP contribution in [0, 0.1) is 6.92 Å². The molecule has 3 rings (SSSR count). The van der Waals surface area contributed by atoms with Crippen LogP contribution in [0.1, 0.15) is 16.6 Å². The van der Waals surface area contributed by atoms with E-state index in [1.807, 2.05) is 55.5 Å². The number of thiazole rings is 1. The summed E-state index contributed by atoms with van der Waals surface area (Å²) >= 11 is 1.58. The third-order valence-electron chi connectivity index (χ3n) is 3.45. The molecule has 0 aliphatic rings. The molecule has 1 atom stereocenters. The van der Waals surface area contributed by atoms with Gasteiger partial charge in [-0.15, -0.1) is 11.3 Å². The smallest absolute Gasteiger partial charge is 0.318 e. The average molecular weight is 340 g/mol. The normalized spacial score (nSPS) is 11.9. The Bertz CT molecular complexity index is 892. The van der Waals surface area contributed by atoms with Crippen molar-refractivity contribution in [3.05, 3.63) is 59.1 Å². The van der Waals surface area contributed by atoms with Crippen molar-refractivity contribution in [3.8, 4) is 0 Å². The molecule has 2 aromatic carbocycles. The molecule has 4 N–H and O–H groups in total. The number of carbonyl (C=O) groups is 2. The Morgan fingerprint density at radius 2 is 1.92 bits per heavy atom. The van der Waals surface area contributed by atoms with Gasteiger partial charge in [0.15, 0.2) is 0 Å². The first-order valence-corrected chi connectivity index (χ1v) is 8.13. The molecule has 0 aliphatic heterocycles. The molecule has 0 unspecified atom stereocenters. The molecule has 0 bridgehead atoms. The quantitative estimate of drug-likeness (QED) is 0.680. The summed E-state index contributed by atoms with van der Waals surface area (Å²) in [6, 6.07) is 13.2. The summed E-state index contributed by atoms with van der Waals surface area (Å²) in [5, 5.41) is 6.27. The largest absolute Gasteiger partial charge is 0.370 e. The summed E-state index contributed by atoms with van der Waals surface area (Å²) in [6.45, 7) is 1.95. The summed E-state index contributed by atoms with van der Waals surface area (Å²) in [7, 11) is 0. The molecule has 0 spiro atoms. The number of imide groups is 1. The molecule has 1 aromatic heterocycles. The fourth-order valence-electron chi connectivity index (χ4n) is 2.44. The van der Waals surface area contributed by atoms with Gasteiger partial charge in [0.2, 0.25) is 0 Å². The van der Waals surface area contributed by atoms with E-state index in [0.717, 1.165) is 26.5 Å². The number of urea groups is 1. The lowest BCUT2D eigenvalue weighted by Gasteiger charge is -2.19. The Kier molecular flexibility index (Phi) is 4.43. The van der Waals surface area contributed by atoms with Gasteiger partial charge in [-0.25, -0.2) is 9.78 Å². The maximum absolute atomic E-state index is 12.3. The first-order chi connectivity index (χ1) is 11.5. The topological polar surface area (TPSA) is 97.1 Å². The van der Waals surface area contributed by atoms with Crippen molar-refractivity contribution in [3.63, 3.8) is 0 Å². The van der Waals surface area contributed by atoms with Crippen LogP contribution in [0.2, 0.25) is 0 Å². The second kappa shape index (κ2) is 6.67. The molecule has 24 heavy (non-hydrogen) atoms. The van der Waals surface area contributed by atoms with Crippen molar-refractivity contribution < 1.29 is 9.59 Å². The minimum Gasteiger partial charge on any atom is -0.370 e. The van der Waals surface area contributed by atoms with Gasteiger partial charge in [-0.2, -0.15) is 0 Å². The van der Waals surface area contributed by atoms with E-state index in [4.69, 9.17) is 5.73 Å². The number of nitrogens with zero attached hydrogens (tertiary/aromatic N) is 1. The van der Waals surface area contributed by atoms with E-state index in [0.29, 0.717) is 0 Å². The van der Waals surface area contributed by atoms with E-state index in [2.05, 4.69) is 15.6 Å². The molecule has 0 fully saturated rings. The number of benzene rings is 2. The van der Waals surface area contributed by atoms with Crippen LogP contribution < -0.4 is 16.4 Å². The van der Waals surface area contributed by atoms with E-state index in [1.54, 1.807) is 11.3 Å². The number of aromatic nitrogens is 1. The van der Waals surface area contributed by atoms with Crippen LogP contribution >= 0.6 is 11.3 Å². The Balaban J connectivity index is 1.92. The first-order valence-electron chi connectivity index (χ1n) is 7.32. The van der Waals surface area contributed by atoms with Crippen molar-refractivity contribution >= 4 is 39.2 Å². The number of anilines is 1. The number of rotatable bonds is 4. The van der Waals surface area contributed by atoms with Gasteiger partial charge in [-0.1, -0.05) is 30.3 Å². The monoisotopic (exact) mass is 340 g/mol. The van der Waals surface area contributed by atoms with Crippen molar-refractivity contribution in [2.75, 3.05) is 5.32 Å². The third kappa shape index (κ3) is 3.52. The van der Waals surface area contributed by atoms with Gasteiger partial charge in [-0.05, 0) is 30.7 Å². The van der Waals surface area contributed by atoms with Crippen molar-refractivity contribution in [2.24, 2.45) is 5.73 Å². The highest BCUT2D eigenvalue weighted by Gasteiger charge is 2.21. The molecule has 3 aromatic rings. The van der Waals surface area contributed by atoms with Crippen molar-refractivity contribution in [1.29, 1.82) is 0 Å². The summed E-state index contributed by atoms with van der Waals surface area (Å²) < 4.78 is 1.03. The number of hydrogen-bond donors (Lipinski definition) is 3. The molecule has 6 nitrogen and oxygen atoms in total. The van der Waals surface area contributed by atoms with Crippen LogP contribution in [0.4, 0.5) is 10.5 Å². The highest BCUT2D eigenvalue weighted by atomic mass is 32.1. The molecular weight excluding hydrogens is 324 g/mol. The zero-order valence-electron chi connectivity index (χ0n) is 12.9. The molecule has 3 amide bonds. The van der Waals surface area contributed by atoms with E-state index in [-0.39, 0.29) is 0 Å². The Labute approximate surface area is 142 Å². The fraction of sp³-hybridized carbons (Fsp3) is 0.118. The highest BCUT2D eigenvalue weighted by Crippen LogP contribution is 2.27. The standard InChI is InChI=1S/C17H16N4O2S/c1-10-19-13-8-7-12(9-14(13)24-10)20-15(16(22)21-17(18)23)11-5-3-2-4-6-11/h2-9,15,20H,1H3,(H3,18,21,22,23)/t15-/m1/s1. The average Bonchev–Trinajstić information content (AvgIpc) is 2.92. The van der Waals surface area contributed by atoms with Gasteiger partial charge < -0.3 is 11.1 Å². The number of amides is 3. The van der Waals surface area contributed by atoms with Gasteiger partial charge in [0, 0.05) is 5.69 Å². The van der Waals surface area contributed by atoms with Crippen molar-refractivity contribution in [2.45, 2.75) is 13.0 Å². The van der Waals surface area contributed by atoms with Gasteiger partial charge >= 0.3 is 6.03 Å². The summed E-state index contributed by atoms with van der Waals surface area (Å²) in [4.78, 5) is 27.8. The second-order valence-electron chi connectivity index (χ2n) is 5.26. The Hall–Kier alpha value is -2.93. The number of nitrogens with two attached hydrogens (primary N) is 1. The number of primary amides is 1. The second-order valence-corrected chi connectivity index (χ2v) is 6.49. The molecule has 1 heterocycles. The van der Waals surface area contributed by atoms with Crippen LogP contribution in [-0.2, 0) is 4.79 Å². The van der Waals surface area contributed by atoms with E-state index in [1.165, 1.54) is 0 Å². The van der Waals surface area contributed by atoms with Gasteiger partial charge in [0.05, 0.1) is 15.2 Å². The first kappa shape index (κ1) is 15.9. The van der Waals surface area contributed by atoms with E-state index < -0.39 is 18.0 Å². The number of hydrogen-bond acceptors (Lipinski definition) is 5. The maximum atomic E-state index is 12.3. The van der Waals surface area contributed by atoms with E-state index >= 15 is 0 Å². The van der Waals surface area contributed by atoms with Gasteiger partial charge in [0.1, 0.15) is 6.04 Å². The molecule has 122 valence electrons. The summed E-state index contributed by atoms with van der Waals surface area (Å²) in [6.07, 6.45) is 0. The predicted octanol–water partition coefficient (Wildman–Crippen LogP) is 2.95. The van der Waals surface area contributed by atoms with Crippen LogP contribution in [-0.4, -0.2) is 16.9 Å². The molecule has 7 heteroatoms. The highest BCUT2D eigenvalue weighted by molar-refractivity contribution is 7.18. The fourth-order valence-corrected chi connectivity index (χ4v) is 3.30. The zero-order valence-corrected chi connectivity index (χ0v) is 13.8. The Morgan fingerprint density at radius 1 is 1.17 bits per heavy atom. The number of aryl methyl sites for hydroxylation is 1. The third-order valence-corrected chi connectivity index (χ3v) is 4.38. The number of fused-ring (bicyclic) bond motifs is 1. The maximum Gasteiger partial charge on any atom is 0.318 e. The molecule has 0 aliphatic carbocycles. The summed E-state index contributed by atoms with van der Waals surface area (Å²) in [5.74, 6) is -0.505. The SMILES string of the molecule is Cc1nc2ccc(N[C@@H](C(=O)NC(N)=O)c3ccccc3)cc2s1. The lowest BCUT2D eigenvalue weighted by Crippen LogP contribution is -2.40. The Morgan fingerprint density at radius 3 is 2.62 bits per heavy atom. The van der Waals surface area contributed by atoms with Gasteiger partial charge in [-0.3, -0.25) is 10.1 Å². The molecule has 0 radical (unpaired) electrons. The molecular formula is C17H16N4O2S. The van der Waals surface area contributed by atoms with Crippen LogP contribution in [0.15, 0.2) is 48.5 Å². The number of nitrogens with one attached hydrogen (secondary N) is 2. The van der Waals surface area contributed by atoms with E-state index in [9.17, 15) is 9.59 Å². The van der Waals surface area contributed by atoms with Gasteiger partial charge in [0.25, 0.3) is 5.91 Å². The zero-order chi connectivity index (χ0) is 17.1. The molecule has 0 saturated heterocycles. The lowest BCUT2D eigenvalue weighted by atomic mass is 10.1. The lowest BCUT2D eigenvalue weighted by molar-refractivity contribution is -0.120. The van der Waals surface area contributed by atoms with Crippen LogP contribution in [0.3, 0.4) is 0 Å². The minimum absolute atomic E-state index is 0.505. The predicted molar refractivity (Wildman–Crippen MR) is 94.9 cm³/mol.